The summed E-state index contributed by atoms with van der Waals surface area (Å²) >= 11 is 1.66. The third kappa shape index (κ3) is 3.58. The summed E-state index contributed by atoms with van der Waals surface area (Å²) in [6, 6.07) is 10.1. The Kier molecular flexibility index (Phi) is 4.78. The van der Waals surface area contributed by atoms with Crippen molar-refractivity contribution in [2.75, 3.05) is 13.7 Å². The van der Waals surface area contributed by atoms with E-state index in [1.165, 1.54) is 5.56 Å². The number of nitrogens with one attached hydrogen (secondary N) is 1. The Hall–Kier alpha value is -2.22. The highest BCUT2D eigenvalue weighted by atomic mass is 32.1. The highest BCUT2D eigenvalue weighted by Gasteiger charge is 2.24. The lowest BCUT2D eigenvalue weighted by Crippen LogP contribution is -2.36. The molecule has 0 amide bonds. The standard InChI is InChI=1S/C18H20N4O2S/c1-23-15-4-2-13(3-5-15)8-19-9-16-10-22-17(11-24-16)18(20-21-22)14-6-7-25-12-14/h2-7,12,16,19H,8-11H2,1H3/t16-/m0/s1. The summed E-state index contributed by atoms with van der Waals surface area (Å²) < 4.78 is 13.1. The van der Waals surface area contributed by atoms with Crippen LogP contribution in [0.3, 0.4) is 0 Å². The molecule has 0 fully saturated rings. The van der Waals surface area contributed by atoms with Gasteiger partial charge in [0.15, 0.2) is 0 Å². The van der Waals surface area contributed by atoms with E-state index in [2.05, 4.69) is 44.6 Å². The van der Waals surface area contributed by atoms with Crippen molar-refractivity contribution in [2.24, 2.45) is 0 Å². The van der Waals surface area contributed by atoms with Crippen LogP contribution in [0, 0.1) is 0 Å². The third-order valence-corrected chi connectivity index (χ3v) is 5.01. The fourth-order valence-corrected chi connectivity index (χ4v) is 3.57. The first-order valence-corrected chi connectivity index (χ1v) is 9.18. The third-order valence-electron chi connectivity index (χ3n) is 4.32. The zero-order valence-electron chi connectivity index (χ0n) is 14.0. The first kappa shape index (κ1) is 16.3. The van der Waals surface area contributed by atoms with Crippen molar-refractivity contribution in [2.45, 2.75) is 25.8 Å². The average molecular weight is 356 g/mol. The van der Waals surface area contributed by atoms with Gasteiger partial charge in [-0.1, -0.05) is 17.3 Å². The SMILES string of the molecule is COc1ccc(CNC[C@H]2Cn3nnc(-c4ccsc4)c3CO2)cc1. The van der Waals surface area contributed by atoms with Gasteiger partial charge in [0, 0.05) is 24.0 Å². The van der Waals surface area contributed by atoms with Crippen molar-refractivity contribution in [3.05, 3.63) is 52.3 Å². The Morgan fingerprint density at radius 3 is 2.96 bits per heavy atom. The molecule has 3 aromatic rings. The summed E-state index contributed by atoms with van der Waals surface area (Å²) in [7, 11) is 1.68. The van der Waals surface area contributed by atoms with E-state index in [9.17, 15) is 0 Å². The quantitative estimate of drug-likeness (QED) is 0.736. The van der Waals surface area contributed by atoms with E-state index in [1.54, 1.807) is 18.4 Å². The molecule has 0 aliphatic carbocycles. The smallest absolute Gasteiger partial charge is 0.119 e. The summed E-state index contributed by atoms with van der Waals surface area (Å²) in [5, 5.41) is 16.2. The highest BCUT2D eigenvalue weighted by Crippen LogP contribution is 2.26. The van der Waals surface area contributed by atoms with Gasteiger partial charge in [0.05, 0.1) is 32.1 Å². The summed E-state index contributed by atoms with van der Waals surface area (Å²) in [6.45, 7) is 2.85. The molecule has 0 saturated carbocycles. The second-order valence-corrected chi connectivity index (χ2v) is 6.77. The van der Waals surface area contributed by atoms with Crippen molar-refractivity contribution in [3.8, 4) is 17.0 Å². The van der Waals surface area contributed by atoms with Gasteiger partial charge < -0.3 is 14.8 Å². The van der Waals surface area contributed by atoms with Crippen molar-refractivity contribution < 1.29 is 9.47 Å². The van der Waals surface area contributed by atoms with E-state index >= 15 is 0 Å². The number of methoxy groups -OCH3 is 1. The number of rotatable bonds is 6. The molecule has 0 bridgehead atoms. The molecule has 0 radical (unpaired) electrons. The zero-order chi connectivity index (χ0) is 17.1. The van der Waals surface area contributed by atoms with E-state index < -0.39 is 0 Å². The minimum Gasteiger partial charge on any atom is -0.497 e. The summed E-state index contributed by atoms with van der Waals surface area (Å²) in [5.74, 6) is 0.875. The Morgan fingerprint density at radius 1 is 1.32 bits per heavy atom. The zero-order valence-corrected chi connectivity index (χ0v) is 14.8. The summed E-state index contributed by atoms with van der Waals surface area (Å²) in [5.41, 5.74) is 4.33. The molecule has 1 aliphatic heterocycles. The van der Waals surface area contributed by atoms with Gasteiger partial charge in [-0.05, 0) is 29.1 Å². The number of nitrogens with zero attached hydrogens (tertiary/aromatic N) is 3. The van der Waals surface area contributed by atoms with Crippen LogP contribution >= 0.6 is 11.3 Å². The van der Waals surface area contributed by atoms with Gasteiger partial charge in [-0.3, -0.25) is 0 Å². The van der Waals surface area contributed by atoms with Gasteiger partial charge in [-0.15, -0.1) is 5.10 Å². The molecule has 4 rings (SSSR count). The van der Waals surface area contributed by atoms with Crippen LogP contribution in [0.15, 0.2) is 41.1 Å². The second kappa shape index (κ2) is 7.35. The fourth-order valence-electron chi connectivity index (χ4n) is 2.93. The first-order valence-electron chi connectivity index (χ1n) is 8.23. The second-order valence-electron chi connectivity index (χ2n) is 5.99. The Morgan fingerprint density at radius 2 is 2.20 bits per heavy atom. The van der Waals surface area contributed by atoms with E-state index in [1.807, 2.05) is 16.8 Å². The maximum absolute atomic E-state index is 6.00. The minimum absolute atomic E-state index is 0.0998. The van der Waals surface area contributed by atoms with E-state index in [-0.39, 0.29) is 6.10 Å². The minimum atomic E-state index is 0.0998. The van der Waals surface area contributed by atoms with Crippen LogP contribution in [0.1, 0.15) is 11.3 Å². The van der Waals surface area contributed by atoms with Crippen LogP contribution in [0.5, 0.6) is 5.75 Å². The molecule has 6 nitrogen and oxygen atoms in total. The molecule has 1 N–H and O–H groups in total. The number of aromatic nitrogens is 3. The highest BCUT2D eigenvalue weighted by molar-refractivity contribution is 7.08. The summed E-state index contributed by atoms with van der Waals surface area (Å²) in [6.07, 6.45) is 0.0998. The number of fused-ring (bicyclic) bond motifs is 1. The van der Waals surface area contributed by atoms with Gasteiger partial charge in [0.25, 0.3) is 0 Å². The van der Waals surface area contributed by atoms with Crippen LogP contribution in [0.2, 0.25) is 0 Å². The van der Waals surface area contributed by atoms with Crippen molar-refractivity contribution in [1.82, 2.24) is 20.3 Å². The molecule has 1 atom stereocenters. The number of ether oxygens (including phenoxy) is 2. The van der Waals surface area contributed by atoms with E-state index in [0.29, 0.717) is 6.61 Å². The van der Waals surface area contributed by atoms with Crippen LogP contribution in [0.25, 0.3) is 11.3 Å². The van der Waals surface area contributed by atoms with Gasteiger partial charge in [0.1, 0.15) is 11.4 Å². The molecule has 3 heterocycles. The molecule has 0 saturated heterocycles. The maximum Gasteiger partial charge on any atom is 0.119 e. The number of hydrogen-bond acceptors (Lipinski definition) is 6. The average Bonchev–Trinajstić information content (AvgIpc) is 3.31. The number of thiophene rings is 1. The Labute approximate surface area is 150 Å². The lowest BCUT2D eigenvalue weighted by molar-refractivity contribution is 0.00125. The van der Waals surface area contributed by atoms with E-state index in [4.69, 9.17) is 9.47 Å². The molecule has 0 unspecified atom stereocenters. The van der Waals surface area contributed by atoms with Crippen LogP contribution in [-0.2, 0) is 24.4 Å². The van der Waals surface area contributed by atoms with Crippen LogP contribution in [0.4, 0.5) is 0 Å². The molecule has 2 aromatic heterocycles. The van der Waals surface area contributed by atoms with Gasteiger partial charge in [-0.25, -0.2) is 4.68 Å². The molecule has 7 heteroatoms. The Balaban J connectivity index is 1.32. The molecular weight excluding hydrogens is 336 g/mol. The van der Waals surface area contributed by atoms with Gasteiger partial charge in [-0.2, -0.15) is 11.3 Å². The predicted molar refractivity (Wildman–Crippen MR) is 96.6 cm³/mol. The normalized spacial score (nSPS) is 16.6. The van der Waals surface area contributed by atoms with Crippen LogP contribution in [-0.4, -0.2) is 34.8 Å². The molecule has 25 heavy (non-hydrogen) atoms. The van der Waals surface area contributed by atoms with Crippen LogP contribution < -0.4 is 10.1 Å². The summed E-state index contributed by atoms with van der Waals surface area (Å²) in [4.78, 5) is 0. The number of benzene rings is 1. The molecule has 1 aromatic carbocycles. The lowest BCUT2D eigenvalue weighted by atomic mass is 10.2. The Bertz CT molecular complexity index is 814. The van der Waals surface area contributed by atoms with Crippen molar-refractivity contribution >= 4 is 11.3 Å². The predicted octanol–water partition coefficient (Wildman–Crippen LogP) is 2.70. The molecule has 130 valence electrons. The fraction of sp³-hybridized carbons (Fsp3) is 0.333. The van der Waals surface area contributed by atoms with Gasteiger partial charge in [0.2, 0.25) is 0 Å². The molecule has 1 aliphatic rings. The lowest BCUT2D eigenvalue weighted by Gasteiger charge is -2.24. The number of hydrogen-bond donors (Lipinski definition) is 1. The van der Waals surface area contributed by atoms with E-state index in [0.717, 1.165) is 42.3 Å². The molecular formula is C18H20N4O2S. The monoisotopic (exact) mass is 356 g/mol. The van der Waals surface area contributed by atoms with Gasteiger partial charge >= 0.3 is 0 Å². The maximum atomic E-state index is 6.00. The topological polar surface area (TPSA) is 61.2 Å². The first-order chi connectivity index (χ1) is 12.3. The molecule has 0 spiro atoms. The van der Waals surface area contributed by atoms with Crippen molar-refractivity contribution in [3.63, 3.8) is 0 Å². The van der Waals surface area contributed by atoms with Crippen molar-refractivity contribution in [1.29, 1.82) is 0 Å². The largest absolute Gasteiger partial charge is 0.497 e.